The third-order valence-corrected chi connectivity index (χ3v) is 4.09. The first-order chi connectivity index (χ1) is 7.64. The number of unbranched alkanes of at least 4 members (excludes halogenated alkanes) is 2. The maximum atomic E-state index is 11.6. The minimum absolute atomic E-state index is 0.101. The largest absolute Gasteiger partial charge is 0.377 e. The van der Waals surface area contributed by atoms with Gasteiger partial charge in [-0.3, -0.25) is 0 Å². The number of ether oxygens (including phenoxy) is 1. The van der Waals surface area contributed by atoms with Crippen molar-refractivity contribution in [3.05, 3.63) is 0 Å². The van der Waals surface area contributed by atoms with Crippen molar-refractivity contribution in [2.24, 2.45) is 5.73 Å². The molecule has 1 aliphatic heterocycles. The lowest BCUT2D eigenvalue weighted by Crippen LogP contribution is -2.32. The highest BCUT2D eigenvalue weighted by molar-refractivity contribution is 7.89. The van der Waals surface area contributed by atoms with Crippen LogP contribution in [0.25, 0.3) is 0 Å². The standard InChI is InChI=1S/C10H22N2O3S/c11-6-2-1-3-7-12-16(13,14)9-10-5-4-8-15-10/h10,12H,1-9,11H2. The average Bonchev–Trinajstić information content (AvgIpc) is 2.69. The van der Waals surface area contributed by atoms with Crippen molar-refractivity contribution < 1.29 is 13.2 Å². The van der Waals surface area contributed by atoms with Crippen LogP contribution in [0.4, 0.5) is 0 Å². The minimum Gasteiger partial charge on any atom is -0.377 e. The van der Waals surface area contributed by atoms with Gasteiger partial charge in [0.25, 0.3) is 0 Å². The van der Waals surface area contributed by atoms with Crippen molar-refractivity contribution in [2.75, 3.05) is 25.4 Å². The first kappa shape index (κ1) is 13.9. The molecule has 1 unspecified atom stereocenters. The van der Waals surface area contributed by atoms with Crippen LogP contribution in [0.5, 0.6) is 0 Å². The number of sulfonamides is 1. The lowest BCUT2D eigenvalue weighted by atomic mass is 10.2. The highest BCUT2D eigenvalue weighted by Gasteiger charge is 2.22. The first-order valence-electron chi connectivity index (χ1n) is 5.93. The van der Waals surface area contributed by atoms with E-state index >= 15 is 0 Å². The molecule has 0 aliphatic carbocycles. The second-order valence-electron chi connectivity index (χ2n) is 4.16. The Labute approximate surface area is 97.8 Å². The van der Waals surface area contributed by atoms with Gasteiger partial charge in [0.2, 0.25) is 10.0 Å². The molecule has 0 aromatic carbocycles. The van der Waals surface area contributed by atoms with Gasteiger partial charge < -0.3 is 10.5 Å². The van der Waals surface area contributed by atoms with E-state index in [4.69, 9.17) is 10.5 Å². The lowest BCUT2D eigenvalue weighted by molar-refractivity contribution is 0.127. The van der Waals surface area contributed by atoms with Gasteiger partial charge in [-0.05, 0) is 32.2 Å². The van der Waals surface area contributed by atoms with Crippen molar-refractivity contribution in [3.63, 3.8) is 0 Å². The Morgan fingerprint density at radius 2 is 2.12 bits per heavy atom. The van der Waals surface area contributed by atoms with E-state index in [1.165, 1.54) is 0 Å². The van der Waals surface area contributed by atoms with Gasteiger partial charge in [-0.1, -0.05) is 6.42 Å². The summed E-state index contributed by atoms with van der Waals surface area (Å²) in [6.07, 6.45) is 4.49. The average molecular weight is 250 g/mol. The van der Waals surface area contributed by atoms with Crippen LogP contribution in [-0.2, 0) is 14.8 Å². The van der Waals surface area contributed by atoms with Crippen molar-refractivity contribution in [3.8, 4) is 0 Å². The zero-order valence-electron chi connectivity index (χ0n) is 9.65. The molecule has 1 aliphatic rings. The molecule has 0 saturated carbocycles. The first-order valence-corrected chi connectivity index (χ1v) is 7.58. The molecule has 16 heavy (non-hydrogen) atoms. The zero-order valence-corrected chi connectivity index (χ0v) is 10.5. The number of hydrogen-bond donors (Lipinski definition) is 2. The van der Waals surface area contributed by atoms with Crippen LogP contribution in [0.3, 0.4) is 0 Å². The summed E-state index contributed by atoms with van der Waals surface area (Å²) in [5.41, 5.74) is 5.35. The molecule has 3 N–H and O–H groups in total. The van der Waals surface area contributed by atoms with Gasteiger partial charge in [-0.25, -0.2) is 13.1 Å². The summed E-state index contributed by atoms with van der Waals surface area (Å²) >= 11 is 0. The molecule has 0 amide bonds. The third-order valence-electron chi connectivity index (χ3n) is 2.63. The Bertz CT molecular complexity index is 274. The second-order valence-corrected chi connectivity index (χ2v) is 6.01. The maximum absolute atomic E-state index is 11.6. The molecule has 0 aromatic rings. The number of rotatable bonds is 8. The SMILES string of the molecule is NCCCCCNS(=O)(=O)CC1CCCO1. The number of nitrogens with two attached hydrogens (primary N) is 1. The second kappa shape index (κ2) is 7.21. The van der Waals surface area contributed by atoms with E-state index in [-0.39, 0.29) is 11.9 Å². The third kappa shape index (κ3) is 5.79. The summed E-state index contributed by atoms with van der Waals surface area (Å²) in [5, 5.41) is 0. The van der Waals surface area contributed by atoms with Crippen LogP contribution < -0.4 is 10.5 Å². The lowest BCUT2D eigenvalue weighted by Gasteiger charge is -2.10. The van der Waals surface area contributed by atoms with Gasteiger partial charge >= 0.3 is 0 Å². The molecule has 96 valence electrons. The Balaban J connectivity index is 2.13. The Hall–Kier alpha value is -0.170. The molecular formula is C10H22N2O3S. The smallest absolute Gasteiger partial charge is 0.214 e. The highest BCUT2D eigenvalue weighted by Crippen LogP contribution is 2.13. The molecule has 6 heteroatoms. The van der Waals surface area contributed by atoms with E-state index in [0.717, 1.165) is 32.1 Å². The van der Waals surface area contributed by atoms with Crippen LogP contribution in [0.15, 0.2) is 0 Å². The molecule has 0 bridgehead atoms. The molecule has 1 heterocycles. The van der Waals surface area contributed by atoms with Crippen LogP contribution in [0.2, 0.25) is 0 Å². The normalized spacial score (nSPS) is 21.4. The molecule has 0 aromatic heterocycles. The summed E-state index contributed by atoms with van der Waals surface area (Å²) in [4.78, 5) is 0. The van der Waals surface area contributed by atoms with Crippen molar-refractivity contribution >= 4 is 10.0 Å². The quantitative estimate of drug-likeness (QED) is 0.604. The molecule has 1 atom stereocenters. The van der Waals surface area contributed by atoms with Crippen molar-refractivity contribution in [2.45, 2.75) is 38.2 Å². The van der Waals surface area contributed by atoms with Crippen LogP contribution >= 0.6 is 0 Å². The highest BCUT2D eigenvalue weighted by atomic mass is 32.2. The van der Waals surface area contributed by atoms with Crippen LogP contribution in [0, 0.1) is 0 Å². The zero-order chi connectivity index (χ0) is 11.9. The molecule has 1 fully saturated rings. The van der Waals surface area contributed by atoms with Crippen LogP contribution in [-0.4, -0.2) is 40.0 Å². The molecule has 0 radical (unpaired) electrons. The van der Waals surface area contributed by atoms with E-state index in [1.807, 2.05) is 0 Å². The summed E-state index contributed by atoms with van der Waals surface area (Å²) < 4.78 is 31.1. The molecule has 1 rings (SSSR count). The van der Waals surface area contributed by atoms with E-state index in [0.29, 0.717) is 19.7 Å². The van der Waals surface area contributed by atoms with Gasteiger partial charge in [0.1, 0.15) is 0 Å². The Morgan fingerprint density at radius 1 is 1.31 bits per heavy atom. The molecule has 5 nitrogen and oxygen atoms in total. The van der Waals surface area contributed by atoms with Crippen LogP contribution in [0.1, 0.15) is 32.1 Å². The molecule has 1 saturated heterocycles. The number of hydrogen-bond acceptors (Lipinski definition) is 4. The maximum Gasteiger partial charge on any atom is 0.214 e. The van der Waals surface area contributed by atoms with Gasteiger partial charge in [-0.15, -0.1) is 0 Å². The van der Waals surface area contributed by atoms with Gasteiger partial charge in [0, 0.05) is 13.2 Å². The Kier molecular flexibility index (Phi) is 6.26. The fourth-order valence-electron chi connectivity index (χ4n) is 1.75. The molecular weight excluding hydrogens is 228 g/mol. The monoisotopic (exact) mass is 250 g/mol. The predicted octanol–water partition coefficient (Wildman–Crippen LogP) is 0.214. The summed E-state index contributed by atoms with van der Waals surface area (Å²) in [6, 6.07) is 0. The summed E-state index contributed by atoms with van der Waals surface area (Å²) in [7, 11) is -3.16. The predicted molar refractivity (Wildman–Crippen MR) is 63.7 cm³/mol. The molecule has 0 spiro atoms. The number of nitrogens with one attached hydrogen (secondary N) is 1. The van der Waals surface area contributed by atoms with E-state index < -0.39 is 10.0 Å². The fraction of sp³-hybridized carbons (Fsp3) is 1.00. The topological polar surface area (TPSA) is 81.4 Å². The van der Waals surface area contributed by atoms with E-state index in [1.54, 1.807) is 0 Å². The fourth-order valence-corrected chi connectivity index (χ4v) is 3.08. The van der Waals surface area contributed by atoms with E-state index in [9.17, 15) is 8.42 Å². The minimum atomic E-state index is -3.16. The van der Waals surface area contributed by atoms with Gasteiger partial charge in [-0.2, -0.15) is 0 Å². The Morgan fingerprint density at radius 3 is 2.75 bits per heavy atom. The van der Waals surface area contributed by atoms with Gasteiger partial charge in [0.05, 0.1) is 11.9 Å². The van der Waals surface area contributed by atoms with Crippen molar-refractivity contribution in [1.82, 2.24) is 4.72 Å². The van der Waals surface area contributed by atoms with Gasteiger partial charge in [0.15, 0.2) is 0 Å². The summed E-state index contributed by atoms with van der Waals surface area (Å²) in [6.45, 7) is 1.87. The van der Waals surface area contributed by atoms with E-state index in [2.05, 4.69) is 4.72 Å². The summed E-state index contributed by atoms with van der Waals surface area (Å²) in [5.74, 6) is 0.101. The van der Waals surface area contributed by atoms with Crippen molar-refractivity contribution in [1.29, 1.82) is 0 Å².